The van der Waals surface area contributed by atoms with Gasteiger partial charge in [-0.3, -0.25) is 5.32 Å². The Balaban J connectivity index is 1.76. The minimum atomic E-state index is -1.08. The summed E-state index contributed by atoms with van der Waals surface area (Å²) in [6, 6.07) is 19.4. The van der Waals surface area contributed by atoms with E-state index in [9.17, 15) is 14.7 Å². The van der Waals surface area contributed by atoms with E-state index < -0.39 is 18.3 Å². The summed E-state index contributed by atoms with van der Waals surface area (Å²) >= 11 is 0. The smallest absolute Gasteiger partial charge is 0.411 e. The third kappa shape index (κ3) is 4.17. The molecule has 162 valence electrons. The van der Waals surface area contributed by atoms with Crippen LogP contribution in [0.4, 0.5) is 16.2 Å². The Kier molecular flexibility index (Phi) is 5.87. The van der Waals surface area contributed by atoms with Crippen molar-refractivity contribution in [3.63, 3.8) is 0 Å². The van der Waals surface area contributed by atoms with Gasteiger partial charge in [0.2, 0.25) is 0 Å². The van der Waals surface area contributed by atoms with Crippen LogP contribution in [-0.4, -0.2) is 36.4 Å². The molecular weight excluding hydrogens is 410 g/mol. The molecule has 3 N–H and O–H groups in total. The zero-order valence-corrected chi connectivity index (χ0v) is 17.5. The van der Waals surface area contributed by atoms with Crippen LogP contribution in [0, 0.1) is 0 Å². The lowest BCUT2D eigenvalue weighted by atomic mass is 10.0. The zero-order chi connectivity index (χ0) is 22.7. The predicted molar refractivity (Wildman–Crippen MR) is 122 cm³/mol. The number of aliphatic hydroxyl groups is 1. The van der Waals surface area contributed by atoms with E-state index in [0.717, 1.165) is 10.8 Å². The van der Waals surface area contributed by atoms with E-state index in [4.69, 9.17) is 4.74 Å². The van der Waals surface area contributed by atoms with Crippen LogP contribution in [-0.2, 0) is 9.47 Å². The number of methoxy groups -OCH3 is 2. The molecule has 0 aliphatic rings. The number of nitrogens with one attached hydrogen (secondary N) is 2. The highest BCUT2D eigenvalue weighted by Crippen LogP contribution is 2.33. The van der Waals surface area contributed by atoms with Gasteiger partial charge < -0.3 is 19.9 Å². The van der Waals surface area contributed by atoms with Gasteiger partial charge in [-0.05, 0) is 36.4 Å². The number of anilines is 2. The number of rotatable bonds is 5. The highest BCUT2D eigenvalue weighted by atomic mass is 16.5. The number of para-hydroxylation sites is 1. The minimum absolute atomic E-state index is 0.385. The summed E-state index contributed by atoms with van der Waals surface area (Å²) < 4.78 is 9.42. The predicted octanol–water partition coefficient (Wildman–Crippen LogP) is 4.46. The van der Waals surface area contributed by atoms with Crippen molar-refractivity contribution in [2.45, 2.75) is 6.23 Å². The number of hydrogen-bond acceptors (Lipinski definition) is 7. The molecule has 0 spiro atoms. The van der Waals surface area contributed by atoms with E-state index in [1.54, 1.807) is 42.5 Å². The number of benzene rings is 3. The largest absolute Gasteiger partial charge is 0.465 e. The van der Waals surface area contributed by atoms with Crippen LogP contribution >= 0.6 is 0 Å². The first kappa shape index (κ1) is 21.1. The molecule has 1 atom stereocenters. The van der Waals surface area contributed by atoms with Crippen molar-refractivity contribution in [1.29, 1.82) is 0 Å². The van der Waals surface area contributed by atoms with Crippen LogP contribution in [0.1, 0.15) is 22.1 Å². The van der Waals surface area contributed by atoms with Crippen molar-refractivity contribution in [3.05, 3.63) is 77.9 Å². The summed E-state index contributed by atoms with van der Waals surface area (Å²) in [5.41, 5.74) is 3.37. The monoisotopic (exact) mass is 431 g/mol. The lowest BCUT2D eigenvalue weighted by Gasteiger charge is -2.19. The number of aromatic nitrogens is 1. The quantitative estimate of drug-likeness (QED) is 0.243. The van der Waals surface area contributed by atoms with Gasteiger partial charge in [-0.25, -0.2) is 14.6 Å². The first-order valence-electron chi connectivity index (χ1n) is 9.80. The fourth-order valence-electron chi connectivity index (χ4n) is 3.47. The SMILES string of the molecule is COC(=O)Nc1cccc(C(O)Nc2c3ccccc3nc3cc(C(=O)OC)ccc23)c1. The van der Waals surface area contributed by atoms with E-state index in [1.807, 2.05) is 24.3 Å². The molecule has 3 aromatic carbocycles. The number of esters is 1. The lowest BCUT2D eigenvalue weighted by Crippen LogP contribution is -2.13. The van der Waals surface area contributed by atoms with Crippen molar-refractivity contribution in [3.8, 4) is 0 Å². The summed E-state index contributed by atoms with van der Waals surface area (Å²) in [5.74, 6) is -0.452. The van der Waals surface area contributed by atoms with Crippen LogP contribution in [0.3, 0.4) is 0 Å². The van der Waals surface area contributed by atoms with Gasteiger partial charge in [0.05, 0.1) is 36.5 Å². The minimum Gasteiger partial charge on any atom is -0.465 e. The first-order valence-corrected chi connectivity index (χ1v) is 9.80. The Morgan fingerprint density at radius 3 is 2.47 bits per heavy atom. The Labute approximate surface area is 183 Å². The molecule has 0 aliphatic heterocycles. The second kappa shape index (κ2) is 8.91. The van der Waals surface area contributed by atoms with Crippen molar-refractivity contribution < 1.29 is 24.2 Å². The second-order valence-corrected chi connectivity index (χ2v) is 7.02. The van der Waals surface area contributed by atoms with E-state index in [-0.39, 0.29) is 0 Å². The Bertz CT molecular complexity index is 1320. The fourth-order valence-corrected chi connectivity index (χ4v) is 3.47. The molecule has 4 aromatic rings. The number of fused-ring (bicyclic) bond motifs is 2. The topological polar surface area (TPSA) is 110 Å². The van der Waals surface area contributed by atoms with Crippen molar-refractivity contribution in [1.82, 2.24) is 4.98 Å². The van der Waals surface area contributed by atoms with Crippen LogP contribution in [0.5, 0.6) is 0 Å². The molecule has 8 heteroatoms. The molecule has 1 aromatic heterocycles. The number of amides is 1. The van der Waals surface area contributed by atoms with E-state index >= 15 is 0 Å². The van der Waals surface area contributed by atoms with Crippen molar-refractivity contribution in [2.24, 2.45) is 0 Å². The second-order valence-electron chi connectivity index (χ2n) is 7.02. The van der Waals surface area contributed by atoms with Gasteiger partial charge in [0, 0.05) is 22.0 Å². The van der Waals surface area contributed by atoms with Crippen LogP contribution in [0.15, 0.2) is 66.7 Å². The van der Waals surface area contributed by atoms with Crippen molar-refractivity contribution >= 4 is 45.2 Å². The molecule has 8 nitrogen and oxygen atoms in total. The van der Waals surface area contributed by atoms with Gasteiger partial charge in [-0.15, -0.1) is 0 Å². The molecule has 0 bridgehead atoms. The molecule has 0 saturated heterocycles. The molecule has 32 heavy (non-hydrogen) atoms. The maximum Gasteiger partial charge on any atom is 0.411 e. The van der Waals surface area contributed by atoms with Gasteiger partial charge in [-0.1, -0.05) is 30.3 Å². The molecule has 0 fully saturated rings. The van der Waals surface area contributed by atoms with Gasteiger partial charge >= 0.3 is 12.1 Å². The Hall–Kier alpha value is -4.17. The molecule has 0 radical (unpaired) electrons. The number of ether oxygens (including phenoxy) is 2. The maximum absolute atomic E-state index is 12.0. The average Bonchev–Trinajstić information content (AvgIpc) is 2.83. The van der Waals surface area contributed by atoms with Gasteiger partial charge in [-0.2, -0.15) is 0 Å². The molecule has 4 rings (SSSR count). The molecule has 1 heterocycles. The van der Waals surface area contributed by atoms with Gasteiger partial charge in [0.15, 0.2) is 6.23 Å². The van der Waals surface area contributed by atoms with Gasteiger partial charge in [0.25, 0.3) is 0 Å². The summed E-state index contributed by atoms with van der Waals surface area (Å²) in [5, 5.41) is 18.2. The molecule has 0 aliphatic carbocycles. The Morgan fingerprint density at radius 2 is 1.69 bits per heavy atom. The third-order valence-corrected chi connectivity index (χ3v) is 5.02. The highest BCUT2D eigenvalue weighted by Gasteiger charge is 2.16. The lowest BCUT2D eigenvalue weighted by molar-refractivity contribution is 0.0601. The Morgan fingerprint density at radius 1 is 0.906 bits per heavy atom. The van der Waals surface area contributed by atoms with Crippen LogP contribution in [0.25, 0.3) is 21.8 Å². The summed E-state index contributed by atoms with van der Waals surface area (Å²) in [7, 11) is 2.60. The average molecular weight is 431 g/mol. The van der Waals surface area contributed by atoms with E-state index in [0.29, 0.717) is 33.5 Å². The summed E-state index contributed by atoms with van der Waals surface area (Å²) in [6.07, 6.45) is -1.68. The molecule has 1 amide bonds. The van der Waals surface area contributed by atoms with Crippen LogP contribution in [0.2, 0.25) is 0 Å². The third-order valence-electron chi connectivity index (χ3n) is 5.02. The fraction of sp³-hybridized carbons (Fsp3) is 0.125. The first-order chi connectivity index (χ1) is 15.5. The number of pyridine rings is 1. The summed E-state index contributed by atoms with van der Waals surface area (Å²) in [4.78, 5) is 28.1. The maximum atomic E-state index is 12.0. The number of hydrogen-bond donors (Lipinski definition) is 3. The van der Waals surface area contributed by atoms with E-state index in [2.05, 4.69) is 20.4 Å². The number of nitrogens with zero attached hydrogens (tertiary/aromatic N) is 1. The standard InChI is InChI=1S/C24H21N3O5/c1-31-23(29)15-10-11-18-20(13-15)26-19-9-4-3-8-17(19)21(18)27-22(28)14-6-5-7-16(12-14)25-24(30)32-2/h3-13,22,28H,1-2H3,(H,25,30)(H,26,27). The normalized spacial score (nSPS) is 11.7. The summed E-state index contributed by atoms with van der Waals surface area (Å²) in [6.45, 7) is 0. The number of carbonyl (C=O) groups is 2. The highest BCUT2D eigenvalue weighted by molar-refractivity contribution is 6.09. The molecular formula is C24H21N3O5. The van der Waals surface area contributed by atoms with Gasteiger partial charge in [0.1, 0.15) is 0 Å². The van der Waals surface area contributed by atoms with Crippen molar-refractivity contribution in [2.75, 3.05) is 24.9 Å². The number of aliphatic hydroxyl groups excluding tert-OH is 1. The molecule has 0 saturated carbocycles. The number of carbonyl (C=O) groups excluding carboxylic acids is 2. The molecule has 1 unspecified atom stereocenters. The zero-order valence-electron chi connectivity index (χ0n) is 17.5. The van der Waals surface area contributed by atoms with E-state index in [1.165, 1.54) is 14.2 Å². The van der Waals surface area contributed by atoms with Crippen LogP contribution < -0.4 is 10.6 Å².